The van der Waals surface area contributed by atoms with E-state index >= 15 is 0 Å². The fourth-order valence-electron chi connectivity index (χ4n) is 3.09. The first-order chi connectivity index (χ1) is 11.5. The van der Waals surface area contributed by atoms with Crippen molar-refractivity contribution >= 4 is 33.3 Å². The van der Waals surface area contributed by atoms with Gasteiger partial charge >= 0.3 is 0 Å². The third-order valence-electron chi connectivity index (χ3n) is 4.40. The molecule has 1 unspecified atom stereocenters. The zero-order valence-corrected chi connectivity index (χ0v) is 15.6. The monoisotopic (exact) mass is 387 g/mol. The van der Waals surface area contributed by atoms with Gasteiger partial charge in [0.15, 0.2) is 0 Å². The molecule has 2 aromatic rings. The van der Waals surface area contributed by atoms with Crippen molar-refractivity contribution in [3.63, 3.8) is 0 Å². The average Bonchev–Trinajstić information content (AvgIpc) is 2.57. The molecule has 0 saturated carbocycles. The summed E-state index contributed by atoms with van der Waals surface area (Å²) in [5, 5.41) is 3.30. The third-order valence-corrected chi connectivity index (χ3v) is 4.90. The number of amides is 1. The van der Waals surface area contributed by atoms with Crippen molar-refractivity contribution < 1.29 is 4.79 Å². The van der Waals surface area contributed by atoms with Crippen LogP contribution in [0.15, 0.2) is 41.0 Å². The van der Waals surface area contributed by atoms with Crippen LogP contribution >= 0.6 is 15.9 Å². The van der Waals surface area contributed by atoms with E-state index in [0.29, 0.717) is 17.3 Å². The van der Waals surface area contributed by atoms with Gasteiger partial charge in [0.25, 0.3) is 5.91 Å². The van der Waals surface area contributed by atoms with Crippen LogP contribution in [0.4, 0.5) is 11.5 Å². The van der Waals surface area contributed by atoms with E-state index in [1.165, 1.54) is 6.42 Å². The Balaban J connectivity index is 1.77. The fourth-order valence-corrected chi connectivity index (χ4v) is 3.57. The van der Waals surface area contributed by atoms with Crippen LogP contribution in [0.25, 0.3) is 0 Å². The van der Waals surface area contributed by atoms with Gasteiger partial charge in [0.05, 0.1) is 0 Å². The molecular formula is C19H22BrN3O. The number of benzene rings is 1. The SMILES string of the molecule is Cc1cc(Br)ccc1Nc1cc(C(=O)N2CCCC(C)C2)ccn1. The lowest BCUT2D eigenvalue weighted by atomic mass is 9.99. The summed E-state index contributed by atoms with van der Waals surface area (Å²) in [7, 11) is 0. The van der Waals surface area contributed by atoms with Gasteiger partial charge in [-0.15, -0.1) is 0 Å². The van der Waals surface area contributed by atoms with E-state index in [9.17, 15) is 4.79 Å². The highest BCUT2D eigenvalue weighted by Crippen LogP contribution is 2.24. The van der Waals surface area contributed by atoms with Gasteiger partial charge in [-0.05, 0) is 61.6 Å². The molecule has 126 valence electrons. The fraction of sp³-hybridized carbons (Fsp3) is 0.368. The summed E-state index contributed by atoms with van der Waals surface area (Å²) in [4.78, 5) is 19.0. The maximum atomic E-state index is 12.7. The van der Waals surface area contributed by atoms with Gasteiger partial charge in [-0.25, -0.2) is 4.98 Å². The summed E-state index contributed by atoms with van der Waals surface area (Å²) in [5.74, 6) is 1.36. The van der Waals surface area contributed by atoms with Crippen molar-refractivity contribution in [3.8, 4) is 0 Å². The topological polar surface area (TPSA) is 45.2 Å². The number of hydrogen-bond acceptors (Lipinski definition) is 3. The van der Waals surface area contributed by atoms with Crippen LogP contribution in [0, 0.1) is 12.8 Å². The molecule has 0 bridgehead atoms. The van der Waals surface area contributed by atoms with E-state index in [4.69, 9.17) is 0 Å². The highest BCUT2D eigenvalue weighted by Gasteiger charge is 2.22. The summed E-state index contributed by atoms with van der Waals surface area (Å²) >= 11 is 3.47. The maximum Gasteiger partial charge on any atom is 0.254 e. The number of hydrogen-bond donors (Lipinski definition) is 1. The Kier molecular flexibility index (Phi) is 5.19. The minimum Gasteiger partial charge on any atom is -0.340 e. The number of nitrogens with one attached hydrogen (secondary N) is 1. The quantitative estimate of drug-likeness (QED) is 0.824. The van der Waals surface area contributed by atoms with Crippen LogP contribution in [-0.2, 0) is 0 Å². The number of carbonyl (C=O) groups excluding carboxylic acids is 1. The largest absolute Gasteiger partial charge is 0.340 e. The van der Waals surface area contributed by atoms with Crippen LogP contribution in [0.5, 0.6) is 0 Å². The minimum atomic E-state index is 0.0968. The molecule has 4 nitrogen and oxygen atoms in total. The smallest absolute Gasteiger partial charge is 0.254 e. The zero-order chi connectivity index (χ0) is 17.1. The first-order valence-electron chi connectivity index (χ1n) is 8.31. The number of halogens is 1. The normalized spacial score (nSPS) is 17.6. The van der Waals surface area contributed by atoms with Gasteiger partial charge in [-0.2, -0.15) is 0 Å². The molecule has 1 aromatic carbocycles. The lowest BCUT2D eigenvalue weighted by molar-refractivity contribution is 0.0683. The van der Waals surface area contributed by atoms with E-state index in [2.05, 4.69) is 33.2 Å². The van der Waals surface area contributed by atoms with Gasteiger partial charge in [-0.3, -0.25) is 4.79 Å². The van der Waals surface area contributed by atoms with Crippen LogP contribution in [0.2, 0.25) is 0 Å². The van der Waals surface area contributed by atoms with Crippen LogP contribution in [0.3, 0.4) is 0 Å². The molecule has 1 aromatic heterocycles. The Morgan fingerprint density at radius 1 is 1.33 bits per heavy atom. The van der Waals surface area contributed by atoms with Crippen molar-refractivity contribution in [3.05, 3.63) is 52.1 Å². The molecule has 1 N–H and O–H groups in total. The van der Waals surface area contributed by atoms with Crippen molar-refractivity contribution in [2.45, 2.75) is 26.7 Å². The summed E-state index contributed by atoms with van der Waals surface area (Å²) < 4.78 is 1.04. The number of pyridine rings is 1. The molecule has 1 atom stereocenters. The number of piperidine rings is 1. The third kappa shape index (κ3) is 3.96. The highest BCUT2D eigenvalue weighted by molar-refractivity contribution is 9.10. The molecule has 5 heteroatoms. The molecule has 1 saturated heterocycles. The molecule has 1 aliphatic heterocycles. The van der Waals surface area contributed by atoms with Crippen LogP contribution < -0.4 is 5.32 Å². The average molecular weight is 388 g/mol. The minimum absolute atomic E-state index is 0.0968. The Labute approximate surface area is 151 Å². The van der Waals surface area contributed by atoms with Crippen molar-refractivity contribution in [1.82, 2.24) is 9.88 Å². The second kappa shape index (κ2) is 7.34. The summed E-state index contributed by atoms with van der Waals surface area (Å²) in [5.41, 5.74) is 2.80. The Morgan fingerprint density at radius 2 is 2.17 bits per heavy atom. The summed E-state index contributed by atoms with van der Waals surface area (Å²) in [6.07, 6.45) is 3.98. The lowest BCUT2D eigenvalue weighted by Gasteiger charge is -2.31. The first kappa shape index (κ1) is 17.0. The molecular weight excluding hydrogens is 366 g/mol. The van der Waals surface area contributed by atoms with Crippen LogP contribution in [0.1, 0.15) is 35.7 Å². The van der Waals surface area contributed by atoms with E-state index in [0.717, 1.165) is 35.2 Å². The maximum absolute atomic E-state index is 12.7. The number of carbonyl (C=O) groups is 1. The van der Waals surface area contributed by atoms with Crippen molar-refractivity contribution in [2.75, 3.05) is 18.4 Å². The summed E-state index contributed by atoms with van der Waals surface area (Å²) in [6, 6.07) is 9.66. The van der Waals surface area contributed by atoms with Gasteiger partial charge in [0.2, 0.25) is 0 Å². The molecule has 3 rings (SSSR count). The Hall–Kier alpha value is -1.88. The summed E-state index contributed by atoms with van der Waals surface area (Å²) in [6.45, 7) is 5.93. The van der Waals surface area contributed by atoms with Crippen molar-refractivity contribution in [2.24, 2.45) is 5.92 Å². The van der Waals surface area contributed by atoms with E-state index < -0.39 is 0 Å². The van der Waals surface area contributed by atoms with E-state index in [1.54, 1.807) is 12.3 Å². The van der Waals surface area contributed by atoms with Gasteiger partial charge in [0.1, 0.15) is 5.82 Å². The standard InChI is InChI=1S/C19H22BrN3O/c1-13-4-3-9-23(12-13)19(24)15-7-8-21-18(11-15)22-17-6-5-16(20)10-14(17)2/h5-8,10-11,13H,3-4,9,12H2,1-2H3,(H,21,22). The Morgan fingerprint density at radius 3 is 2.92 bits per heavy atom. The number of aromatic nitrogens is 1. The molecule has 0 aliphatic carbocycles. The van der Waals surface area contributed by atoms with Gasteiger partial charge < -0.3 is 10.2 Å². The van der Waals surface area contributed by atoms with E-state index in [-0.39, 0.29) is 5.91 Å². The second-order valence-electron chi connectivity index (χ2n) is 6.51. The lowest BCUT2D eigenvalue weighted by Crippen LogP contribution is -2.39. The molecule has 24 heavy (non-hydrogen) atoms. The number of rotatable bonds is 3. The predicted molar refractivity (Wildman–Crippen MR) is 101 cm³/mol. The first-order valence-corrected chi connectivity index (χ1v) is 9.11. The Bertz CT molecular complexity index is 747. The molecule has 0 spiro atoms. The van der Waals surface area contributed by atoms with E-state index in [1.807, 2.05) is 36.1 Å². The molecule has 1 aliphatic rings. The molecule has 0 radical (unpaired) electrons. The zero-order valence-electron chi connectivity index (χ0n) is 14.1. The molecule has 1 amide bonds. The number of nitrogens with zero attached hydrogens (tertiary/aromatic N) is 2. The predicted octanol–water partition coefficient (Wildman–Crippen LogP) is 4.77. The molecule has 2 heterocycles. The molecule has 1 fully saturated rings. The van der Waals surface area contributed by atoms with Crippen LogP contribution in [-0.4, -0.2) is 28.9 Å². The van der Waals surface area contributed by atoms with Gasteiger partial charge in [-0.1, -0.05) is 22.9 Å². The number of likely N-dealkylation sites (tertiary alicyclic amines) is 1. The second-order valence-corrected chi connectivity index (χ2v) is 7.43. The highest BCUT2D eigenvalue weighted by atomic mass is 79.9. The van der Waals surface area contributed by atoms with Gasteiger partial charge in [0, 0.05) is 35.0 Å². The number of anilines is 2. The number of aryl methyl sites for hydroxylation is 1. The van der Waals surface area contributed by atoms with Crippen molar-refractivity contribution in [1.29, 1.82) is 0 Å².